The first-order chi connectivity index (χ1) is 6.15. The fourth-order valence-corrected chi connectivity index (χ4v) is 1.18. The molecule has 0 aliphatic carbocycles. The van der Waals surface area contributed by atoms with Gasteiger partial charge in [0.25, 0.3) is 0 Å². The predicted molar refractivity (Wildman–Crippen MR) is 42.0 cm³/mol. The van der Waals surface area contributed by atoms with E-state index in [2.05, 4.69) is 5.16 Å². The van der Waals surface area contributed by atoms with E-state index in [0.29, 0.717) is 26.2 Å². The van der Waals surface area contributed by atoms with Crippen molar-refractivity contribution in [3.8, 4) is 0 Å². The van der Waals surface area contributed by atoms with Crippen molar-refractivity contribution in [2.45, 2.75) is 0 Å². The lowest BCUT2D eigenvalue weighted by Gasteiger charge is -2.36. The number of piperazine rings is 1. The van der Waals surface area contributed by atoms with Gasteiger partial charge in [-0.3, -0.25) is 0 Å². The molecule has 0 aromatic carbocycles. The number of rotatable bonds is 0. The Morgan fingerprint density at radius 2 is 1.77 bits per heavy atom. The van der Waals surface area contributed by atoms with Crippen molar-refractivity contribution < 1.29 is 15.1 Å². The lowest BCUT2D eigenvalue weighted by atomic mass is 10.3. The van der Waals surface area contributed by atoms with Gasteiger partial charge in [0.15, 0.2) is 0 Å². The number of carboxylic acid groups (broad SMARTS) is 1. The first kappa shape index (κ1) is 9.43. The maximum absolute atomic E-state index is 10.4. The van der Waals surface area contributed by atoms with E-state index in [0.717, 1.165) is 0 Å². The maximum atomic E-state index is 10.4. The Labute approximate surface area is 75.0 Å². The van der Waals surface area contributed by atoms with Gasteiger partial charge in [0.1, 0.15) is 6.09 Å². The van der Waals surface area contributed by atoms with Crippen LogP contribution in [0.25, 0.3) is 0 Å². The highest BCUT2D eigenvalue weighted by Crippen LogP contribution is 1.99. The summed E-state index contributed by atoms with van der Waals surface area (Å²) in [7, 11) is 0. The predicted octanol–water partition coefficient (Wildman–Crippen LogP) is -2.35. The third-order valence-electron chi connectivity index (χ3n) is 1.96. The van der Waals surface area contributed by atoms with Crippen molar-refractivity contribution in [3.05, 3.63) is 0 Å². The van der Waals surface area contributed by atoms with Gasteiger partial charge in [-0.1, -0.05) is 5.16 Å². The minimum absolute atomic E-state index is 0.0120. The molecular weight excluding hydrogens is 176 g/mol. The van der Waals surface area contributed by atoms with Gasteiger partial charge in [-0.25, -0.2) is 0 Å². The summed E-state index contributed by atoms with van der Waals surface area (Å²) in [5.74, 6) is 0.0120. The summed E-state index contributed by atoms with van der Waals surface area (Å²) in [4.78, 5) is 13.2. The van der Waals surface area contributed by atoms with E-state index in [9.17, 15) is 9.90 Å². The summed E-state index contributed by atoms with van der Waals surface area (Å²) < 4.78 is 0. The molecule has 1 fully saturated rings. The minimum atomic E-state index is -1.18. The molecule has 0 spiro atoms. The van der Waals surface area contributed by atoms with Gasteiger partial charge >= 0.3 is 0 Å². The van der Waals surface area contributed by atoms with Crippen LogP contribution in [-0.4, -0.2) is 53.2 Å². The molecule has 1 heterocycles. The lowest BCUT2D eigenvalue weighted by molar-refractivity contribution is -0.266. The monoisotopic (exact) mass is 187 g/mol. The molecule has 0 unspecified atom stereocenters. The van der Waals surface area contributed by atoms with Gasteiger partial charge in [-0.15, -0.1) is 0 Å². The molecule has 1 rings (SSSR count). The molecule has 0 radical (unpaired) electrons. The van der Waals surface area contributed by atoms with E-state index >= 15 is 0 Å². The van der Waals surface area contributed by atoms with Crippen molar-refractivity contribution >= 4 is 12.1 Å². The third kappa shape index (κ3) is 2.14. The molecule has 13 heavy (non-hydrogen) atoms. The van der Waals surface area contributed by atoms with Gasteiger partial charge in [0.2, 0.25) is 5.96 Å². The highest BCUT2D eigenvalue weighted by atomic mass is 16.4. The number of nitrogens with two attached hydrogens (primary N) is 1. The molecule has 7 nitrogen and oxygen atoms in total. The Bertz CT molecular complexity index is 222. The van der Waals surface area contributed by atoms with Crippen LogP contribution < -0.4 is 10.8 Å². The van der Waals surface area contributed by atoms with Crippen molar-refractivity contribution in [2.75, 3.05) is 26.2 Å². The fourth-order valence-electron chi connectivity index (χ4n) is 1.18. The average Bonchev–Trinajstić information content (AvgIpc) is 2.17. The van der Waals surface area contributed by atoms with Crippen LogP contribution in [0.5, 0.6) is 0 Å². The standard InChI is InChI=1S/C6H12N4O3/c7-5(8-13)9-1-3-10(4-2-9)6(11)12/h13H,1-4H2,(H2,7,8)(H,11,12)/p-1. The number of carbonyl (C=O) groups is 1. The first-order valence-electron chi connectivity index (χ1n) is 3.83. The van der Waals surface area contributed by atoms with E-state index < -0.39 is 6.09 Å². The van der Waals surface area contributed by atoms with E-state index in [4.69, 9.17) is 10.9 Å². The second-order valence-corrected chi connectivity index (χ2v) is 2.70. The van der Waals surface area contributed by atoms with E-state index in [1.54, 1.807) is 4.90 Å². The smallest absolute Gasteiger partial charge is 0.233 e. The maximum Gasteiger partial charge on any atom is 0.233 e. The Balaban J connectivity index is 2.43. The van der Waals surface area contributed by atoms with E-state index in [1.807, 2.05) is 0 Å². The summed E-state index contributed by atoms with van der Waals surface area (Å²) in [5.41, 5.74) is 5.31. The highest BCUT2D eigenvalue weighted by molar-refractivity contribution is 5.77. The third-order valence-corrected chi connectivity index (χ3v) is 1.96. The number of carbonyl (C=O) groups excluding carboxylic acids is 1. The molecule has 0 saturated carbocycles. The molecule has 1 saturated heterocycles. The second-order valence-electron chi connectivity index (χ2n) is 2.70. The number of amides is 1. The van der Waals surface area contributed by atoms with E-state index in [-0.39, 0.29) is 5.96 Å². The topological polar surface area (TPSA) is 105 Å². The average molecular weight is 187 g/mol. The largest absolute Gasteiger partial charge is 0.530 e. The summed E-state index contributed by atoms with van der Waals surface area (Å²) in [6.07, 6.45) is -1.18. The lowest BCUT2D eigenvalue weighted by Crippen LogP contribution is -2.55. The highest BCUT2D eigenvalue weighted by Gasteiger charge is 2.17. The Hall–Kier alpha value is -1.66. The molecule has 74 valence electrons. The summed E-state index contributed by atoms with van der Waals surface area (Å²) in [5, 5.41) is 21.5. The second kappa shape index (κ2) is 3.83. The zero-order chi connectivity index (χ0) is 9.84. The van der Waals surface area contributed by atoms with Crippen molar-refractivity contribution in [3.63, 3.8) is 0 Å². The molecule has 1 aliphatic heterocycles. The molecule has 7 heteroatoms. The quantitative estimate of drug-likeness (QED) is 0.191. The molecule has 0 aromatic heterocycles. The molecule has 0 aromatic rings. The molecule has 0 bridgehead atoms. The SMILES string of the molecule is NC(=NO)N1CCN(C(=O)[O-])CC1. The Morgan fingerprint density at radius 3 is 2.15 bits per heavy atom. The van der Waals surface area contributed by atoms with E-state index in [1.165, 1.54) is 4.90 Å². The summed E-state index contributed by atoms with van der Waals surface area (Å²) in [6.45, 7) is 1.48. The number of nitrogens with zero attached hydrogens (tertiary/aromatic N) is 3. The molecule has 0 atom stereocenters. The fraction of sp³-hybridized carbons (Fsp3) is 0.667. The number of oxime groups is 1. The molecule has 3 N–H and O–H groups in total. The van der Waals surface area contributed by atoms with Crippen LogP contribution in [0.3, 0.4) is 0 Å². The zero-order valence-electron chi connectivity index (χ0n) is 7.01. The van der Waals surface area contributed by atoms with Gasteiger partial charge in [0.05, 0.1) is 0 Å². The van der Waals surface area contributed by atoms with Crippen LogP contribution in [0.4, 0.5) is 4.79 Å². The van der Waals surface area contributed by atoms with Crippen molar-refractivity contribution in [1.82, 2.24) is 9.80 Å². The van der Waals surface area contributed by atoms with Crippen LogP contribution in [0.2, 0.25) is 0 Å². The van der Waals surface area contributed by atoms with Gasteiger partial charge < -0.3 is 30.6 Å². The van der Waals surface area contributed by atoms with Crippen LogP contribution in [-0.2, 0) is 0 Å². The molecule has 1 aliphatic rings. The number of guanidine groups is 1. The van der Waals surface area contributed by atoms with Gasteiger partial charge in [-0.2, -0.15) is 0 Å². The van der Waals surface area contributed by atoms with Crippen LogP contribution in [0.1, 0.15) is 0 Å². The summed E-state index contributed by atoms with van der Waals surface area (Å²) >= 11 is 0. The Morgan fingerprint density at radius 1 is 1.31 bits per heavy atom. The van der Waals surface area contributed by atoms with Crippen LogP contribution in [0.15, 0.2) is 5.16 Å². The molecular formula is C6H11N4O3-. The normalized spacial score (nSPS) is 18.9. The van der Waals surface area contributed by atoms with Crippen LogP contribution >= 0.6 is 0 Å². The van der Waals surface area contributed by atoms with Crippen molar-refractivity contribution in [1.29, 1.82) is 0 Å². The number of hydrogen-bond donors (Lipinski definition) is 2. The first-order valence-corrected chi connectivity index (χ1v) is 3.83. The van der Waals surface area contributed by atoms with Crippen LogP contribution in [0, 0.1) is 0 Å². The van der Waals surface area contributed by atoms with Gasteiger partial charge in [-0.05, 0) is 0 Å². The molecule has 1 amide bonds. The zero-order valence-corrected chi connectivity index (χ0v) is 7.01. The minimum Gasteiger partial charge on any atom is -0.530 e. The Kier molecular flexibility index (Phi) is 2.78. The van der Waals surface area contributed by atoms with Gasteiger partial charge in [0, 0.05) is 26.2 Å². The van der Waals surface area contributed by atoms with Crippen molar-refractivity contribution in [2.24, 2.45) is 10.9 Å². The number of hydrogen-bond acceptors (Lipinski definition) is 4. The summed E-state index contributed by atoms with van der Waals surface area (Å²) in [6, 6.07) is 0.